The van der Waals surface area contributed by atoms with Gasteiger partial charge in [0.2, 0.25) is 0 Å². The first-order chi connectivity index (χ1) is 14.9. The van der Waals surface area contributed by atoms with Crippen molar-refractivity contribution >= 4 is 33.6 Å². The van der Waals surface area contributed by atoms with E-state index < -0.39 is 68.7 Å². The molecule has 0 bridgehead atoms. The van der Waals surface area contributed by atoms with E-state index in [2.05, 4.69) is 5.32 Å². The molecule has 2 N–H and O–H groups in total. The first-order valence-electron chi connectivity index (χ1n) is 9.66. The SMILES string of the molecule is COC(=O)C(C(=O)OC)C1CC(=O)C=CC12NCC(c1ccc(C)cc1)(S(=O)(=O)O)C2=O. The summed E-state index contributed by atoms with van der Waals surface area (Å²) in [6.45, 7) is 1.22. The van der Waals surface area contributed by atoms with Gasteiger partial charge in [0.1, 0.15) is 5.54 Å². The van der Waals surface area contributed by atoms with Crippen LogP contribution in [0.15, 0.2) is 36.4 Å². The molecule has 1 aliphatic carbocycles. The number of esters is 2. The zero-order valence-corrected chi connectivity index (χ0v) is 18.5. The summed E-state index contributed by atoms with van der Waals surface area (Å²) < 4.78 is 42.4. The molecule has 1 heterocycles. The third-order valence-electron chi connectivity index (χ3n) is 6.18. The van der Waals surface area contributed by atoms with Crippen LogP contribution in [-0.2, 0) is 43.5 Å². The molecule has 10 nitrogen and oxygen atoms in total. The maximum Gasteiger partial charge on any atom is 0.320 e. The summed E-state index contributed by atoms with van der Waals surface area (Å²) in [5, 5.41) is 2.80. The van der Waals surface area contributed by atoms with E-state index in [0.29, 0.717) is 0 Å². The highest BCUT2D eigenvalue weighted by molar-refractivity contribution is 7.87. The van der Waals surface area contributed by atoms with Gasteiger partial charge >= 0.3 is 11.9 Å². The lowest BCUT2D eigenvalue weighted by atomic mass is 9.67. The van der Waals surface area contributed by atoms with Gasteiger partial charge in [0, 0.05) is 18.9 Å². The summed E-state index contributed by atoms with van der Waals surface area (Å²) in [6, 6.07) is 5.99. The van der Waals surface area contributed by atoms with Gasteiger partial charge in [-0.3, -0.25) is 29.0 Å². The Morgan fingerprint density at radius 2 is 1.69 bits per heavy atom. The lowest BCUT2D eigenvalue weighted by Gasteiger charge is -2.39. The minimum absolute atomic E-state index is 0.0108. The van der Waals surface area contributed by atoms with Crippen LogP contribution in [0, 0.1) is 18.8 Å². The molecular formula is C21H23NO9S. The number of aryl methyl sites for hydroxylation is 1. The molecule has 1 aromatic carbocycles. The van der Waals surface area contributed by atoms with Crippen LogP contribution >= 0.6 is 0 Å². The Bertz CT molecular complexity index is 1090. The molecule has 1 saturated heterocycles. The number of carbonyl (C=O) groups is 4. The van der Waals surface area contributed by atoms with Crippen LogP contribution in [0.5, 0.6) is 0 Å². The van der Waals surface area contributed by atoms with E-state index >= 15 is 0 Å². The molecule has 0 amide bonds. The molecule has 11 heteroatoms. The second-order valence-electron chi connectivity index (χ2n) is 7.85. The number of carbonyl (C=O) groups excluding carboxylic acids is 4. The molecular weight excluding hydrogens is 442 g/mol. The van der Waals surface area contributed by atoms with Gasteiger partial charge in [-0.25, -0.2) is 0 Å². The van der Waals surface area contributed by atoms with E-state index in [1.54, 1.807) is 19.1 Å². The first kappa shape index (κ1) is 23.8. The Labute approximate surface area is 184 Å². The lowest BCUT2D eigenvalue weighted by Crippen LogP contribution is -2.59. The average Bonchev–Trinajstić information content (AvgIpc) is 3.05. The Morgan fingerprint density at radius 3 is 2.19 bits per heavy atom. The first-order valence-corrected chi connectivity index (χ1v) is 11.1. The molecule has 172 valence electrons. The Kier molecular flexibility index (Phi) is 6.11. The highest BCUT2D eigenvalue weighted by Crippen LogP contribution is 2.47. The molecule has 2 aliphatic rings. The van der Waals surface area contributed by atoms with Gasteiger partial charge in [0.05, 0.1) is 14.2 Å². The van der Waals surface area contributed by atoms with E-state index in [-0.39, 0.29) is 5.56 Å². The van der Waals surface area contributed by atoms with Gasteiger partial charge in [0.15, 0.2) is 22.2 Å². The summed E-state index contributed by atoms with van der Waals surface area (Å²) in [7, 11) is -2.97. The molecule has 0 radical (unpaired) electrons. The van der Waals surface area contributed by atoms with Gasteiger partial charge < -0.3 is 9.47 Å². The van der Waals surface area contributed by atoms with Crippen molar-refractivity contribution in [3.05, 3.63) is 47.5 Å². The van der Waals surface area contributed by atoms with Crippen molar-refractivity contribution in [2.24, 2.45) is 11.8 Å². The highest BCUT2D eigenvalue weighted by atomic mass is 32.2. The van der Waals surface area contributed by atoms with E-state index in [4.69, 9.17) is 9.47 Å². The predicted molar refractivity (Wildman–Crippen MR) is 110 cm³/mol. The summed E-state index contributed by atoms with van der Waals surface area (Å²) in [5.41, 5.74) is -1.12. The molecule has 3 rings (SSSR count). The number of benzene rings is 1. The highest BCUT2D eigenvalue weighted by Gasteiger charge is 2.68. The third kappa shape index (κ3) is 3.46. The lowest BCUT2D eigenvalue weighted by molar-refractivity contribution is -0.163. The van der Waals surface area contributed by atoms with Crippen molar-refractivity contribution in [3.63, 3.8) is 0 Å². The molecule has 32 heavy (non-hydrogen) atoms. The molecule has 1 spiro atoms. The van der Waals surface area contributed by atoms with Crippen molar-refractivity contribution in [2.45, 2.75) is 23.6 Å². The predicted octanol–water partition coefficient (Wildman–Crippen LogP) is 0.0966. The maximum atomic E-state index is 13.9. The van der Waals surface area contributed by atoms with Gasteiger partial charge in [-0.15, -0.1) is 0 Å². The molecule has 1 aliphatic heterocycles. The minimum atomic E-state index is -5.03. The van der Waals surface area contributed by atoms with E-state index in [1.807, 2.05) is 0 Å². The zero-order valence-electron chi connectivity index (χ0n) is 17.7. The van der Waals surface area contributed by atoms with Gasteiger partial charge in [-0.05, 0) is 18.6 Å². The van der Waals surface area contributed by atoms with Crippen LogP contribution < -0.4 is 5.32 Å². The van der Waals surface area contributed by atoms with Crippen molar-refractivity contribution < 1.29 is 41.6 Å². The van der Waals surface area contributed by atoms with Crippen LogP contribution in [0.1, 0.15) is 17.5 Å². The van der Waals surface area contributed by atoms with E-state index in [9.17, 15) is 32.1 Å². The number of ketones is 2. The minimum Gasteiger partial charge on any atom is -0.468 e. The molecule has 1 fully saturated rings. The zero-order chi connectivity index (χ0) is 23.9. The fraction of sp³-hybridized carbons (Fsp3) is 0.429. The average molecular weight is 465 g/mol. The normalized spacial score (nSPS) is 27.7. The van der Waals surface area contributed by atoms with Crippen molar-refractivity contribution in [1.29, 1.82) is 0 Å². The second-order valence-corrected chi connectivity index (χ2v) is 9.50. The van der Waals surface area contributed by atoms with Crippen LogP contribution in [0.4, 0.5) is 0 Å². The topological polar surface area (TPSA) is 153 Å². The van der Waals surface area contributed by atoms with Gasteiger partial charge in [-0.2, -0.15) is 8.42 Å². The maximum absolute atomic E-state index is 13.9. The second kappa shape index (κ2) is 8.23. The molecule has 0 saturated carbocycles. The summed E-state index contributed by atoms with van der Waals surface area (Å²) in [6.07, 6.45) is 1.80. The van der Waals surface area contributed by atoms with Crippen molar-refractivity contribution in [2.75, 3.05) is 20.8 Å². The number of hydrogen-bond acceptors (Lipinski definition) is 9. The summed E-state index contributed by atoms with van der Waals surface area (Å²) in [5.74, 6) is -6.61. The number of rotatable bonds is 5. The number of ether oxygens (including phenoxy) is 2. The van der Waals surface area contributed by atoms with Crippen molar-refractivity contribution in [3.8, 4) is 0 Å². The van der Waals surface area contributed by atoms with Gasteiger partial charge in [-0.1, -0.05) is 35.9 Å². The third-order valence-corrected chi connectivity index (χ3v) is 7.63. The number of methoxy groups -OCH3 is 2. The van der Waals surface area contributed by atoms with Gasteiger partial charge in [0.25, 0.3) is 10.1 Å². The quantitative estimate of drug-likeness (QED) is 0.348. The number of Topliss-reactive ketones (excluding diaryl/α,β-unsaturated/α-hetero) is 1. The molecule has 3 atom stereocenters. The van der Waals surface area contributed by atoms with E-state index in [1.165, 1.54) is 12.1 Å². The number of hydrogen-bond donors (Lipinski definition) is 2. The van der Waals surface area contributed by atoms with Crippen molar-refractivity contribution in [1.82, 2.24) is 5.32 Å². The van der Waals surface area contributed by atoms with Crippen LogP contribution in [-0.4, -0.2) is 62.8 Å². The molecule has 3 unspecified atom stereocenters. The Balaban J connectivity index is 2.24. The molecule has 0 aromatic heterocycles. The standard InChI is InChI=1S/C21H23NO9S/c1-12-4-6-13(7-5-12)21(32(27,28)29)11-22-20(19(21)26)9-8-14(23)10-15(20)16(17(24)30-2)18(25)31-3/h4-9,15-16,22H,10-11H2,1-3H3,(H,27,28,29). The van der Waals surface area contributed by atoms with Crippen LogP contribution in [0.2, 0.25) is 0 Å². The fourth-order valence-electron chi connectivity index (χ4n) is 4.47. The summed E-state index contributed by atoms with van der Waals surface area (Å²) in [4.78, 5) is 51.1. The number of allylic oxidation sites excluding steroid dienone is 1. The smallest absolute Gasteiger partial charge is 0.320 e. The fourth-order valence-corrected chi connectivity index (χ4v) is 5.56. The largest absolute Gasteiger partial charge is 0.468 e. The number of nitrogens with one attached hydrogen (secondary N) is 1. The monoisotopic (exact) mass is 465 g/mol. The Morgan fingerprint density at radius 1 is 1.12 bits per heavy atom. The van der Waals surface area contributed by atoms with Crippen LogP contribution in [0.25, 0.3) is 0 Å². The van der Waals surface area contributed by atoms with Crippen LogP contribution in [0.3, 0.4) is 0 Å². The molecule has 1 aromatic rings. The summed E-state index contributed by atoms with van der Waals surface area (Å²) >= 11 is 0. The Hall–Kier alpha value is -2.89. The van der Waals surface area contributed by atoms with E-state index in [0.717, 1.165) is 31.9 Å².